The molecule has 0 radical (unpaired) electrons. The van der Waals surface area contributed by atoms with Crippen molar-refractivity contribution in [3.8, 4) is 11.1 Å². The Balaban J connectivity index is 1.41. The Bertz CT molecular complexity index is 1130. The van der Waals surface area contributed by atoms with Gasteiger partial charge in [0.2, 0.25) is 0 Å². The Labute approximate surface area is 170 Å². The molecule has 3 aromatic rings. The van der Waals surface area contributed by atoms with Crippen LogP contribution in [0.15, 0.2) is 45.9 Å². The Morgan fingerprint density at radius 2 is 1.76 bits per heavy atom. The fourth-order valence-electron chi connectivity index (χ4n) is 4.39. The summed E-state index contributed by atoms with van der Waals surface area (Å²) >= 11 is 0. The summed E-state index contributed by atoms with van der Waals surface area (Å²) in [5.41, 5.74) is 4.45. The van der Waals surface area contributed by atoms with E-state index in [0.717, 1.165) is 35.4 Å². The van der Waals surface area contributed by atoms with Crippen molar-refractivity contribution >= 4 is 26.6 Å². The van der Waals surface area contributed by atoms with Crippen molar-refractivity contribution in [3.05, 3.63) is 36.4 Å². The van der Waals surface area contributed by atoms with Gasteiger partial charge in [0.25, 0.3) is 0 Å². The monoisotopic (exact) mass is 412 g/mol. The number of hydrogen-bond donors (Lipinski definition) is 0. The maximum Gasteiger partial charge on any atom is 0.175 e. The van der Waals surface area contributed by atoms with Crippen LogP contribution in [0.4, 0.5) is 5.69 Å². The fourth-order valence-corrected chi connectivity index (χ4v) is 5.02. The number of benzene rings is 2. The molecule has 0 aliphatic carbocycles. The zero-order valence-corrected chi connectivity index (χ0v) is 17.2. The summed E-state index contributed by atoms with van der Waals surface area (Å²) in [6.07, 6.45) is 3.86. The van der Waals surface area contributed by atoms with Crippen LogP contribution in [0.25, 0.3) is 22.2 Å². The first-order valence-electron chi connectivity index (χ1n) is 10.0. The van der Waals surface area contributed by atoms with Crippen molar-refractivity contribution in [3.63, 3.8) is 0 Å². The summed E-state index contributed by atoms with van der Waals surface area (Å²) in [5, 5.41) is 8.16. The van der Waals surface area contributed by atoms with E-state index in [4.69, 9.17) is 4.63 Å². The SMILES string of the molecule is CS(=O)(=O)c1ccc(-c2cc(N3CC(CN4CCCC4)C3)c3nonc3c2)cc1. The largest absolute Gasteiger partial charge is 0.369 e. The smallest absolute Gasteiger partial charge is 0.175 e. The van der Waals surface area contributed by atoms with Gasteiger partial charge >= 0.3 is 0 Å². The molecule has 7 nitrogen and oxygen atoms in total. The number of anilines is 1. The van der Waals surface area contributed by atoms with Gasteiger partial charge in [-0.2, -0.15) is 0 Å². The molecule has 3 heterocycles. The average Bonchev–Trinajstić information content (AvgIpc) is 3.34. The topological polar surface area (TPSA) is 79.5 Å². The number of hydrogen-bond acceptors (Lipinski definition) is 7. The van der Waals surface area contributed by atoms with Crippen LogP contribution in [0.5, 0.6) is 0 Å². The van der Waals surface area contributed by atoms with Gasteiger partial charge in [-0.3, -0.25) is 0 Å². The first-order chi connectivity index (χ1) is 14.0. The van der Waals surface area contributed by atoms with Gasteiger partial charge in [0.15, 0.2) is 15.4 Å². The van der Waals surface area contributed by atoms with Crippen LogP contribution in [0, 0.1) is 5.92 Å². The molecule has 0 spiro atoms. The molecule has 2 saturated heterocycles. The maximum atomic E-state index is 11.7. The maximum absolute atomic E-state index is 11.7. The van der Waals surface area contributed by atoms with Crippen molar-refractivity contribution in [2.24, 2.45) is 5.92 Å². The second-order valence-electron chi connectivity index (χ2n) is 8.20. The highest BCUT2D eigenvalue weighted by Crippen LogP contribution is 2.35. The fraction of sp³-hybridized carbons (Fsp3) is 0.429. The van der Waals surface area contributed by atoms with E-state index in [1.807, 2.05) is 18.2 Å². The number of sulfone groups is 1. The Hall–Kier alpha value is -2.45. The third-order valence-corrected chi connectivity index (χ3v) is 7.10. The van der Waals surface area contributed by atoms with Gasteiger partial charge in [-0.1, -0.05) is 12.1 Å². The lowest BCUT2D eigenvalue weighted by Gasteiger charge is -2.42. The zero-order valence-electron chi connectivity index (χ0n) is 16.4. The average molecular weight is 413 g/mol. The molecule has 152 valence electrons. The first-order valence-corrected chi connectivity index (χ1v) is 11.9. The molecule has 5 rings (SSSR count). The highest BCUT2D eigenvalue weighted by molar-refractivity contribution is 7.90. The van der Waals surface area contributed by atoms with Crippen molar-refractivity contribution in [2.75, 3.05) is 43.9 Å². The summed E-state index contributed by atoms with van der Waals surface area (Å²) in [6, 6.07) is 11.0. The second kappa shape index (κ2) is 7.11. The van der Waals surface area contributed by atoms with E-state index in [-0.39, 0.29) is 0 Å². The Morgan fingerprint density at radius 3 is 2.45 bits per heavy atom. The normalized spacial score (nSPS) is 18.4. The number of fused-ring (bicyclic) bond motifs is 1. The van der Waals surface area contributed by atoms with E-state index in [2.05, 4.69) is 26.2 Å². The molecule has 2 aliphatic heterocycles. The summed E-state index contributed by atoms with van der Waals surface area (Å²) in [6.45, 7) is 5.65. The molecule has 2 aliphatic rings. The zero-order chi connectivity index (χ0) is 20.0. The van der Waals surface area contributed by atoms with Crippen LogP contribution in [0.1, 0.15) is 12.8 Å². The molecule has 0 N–H and O–H groups in total. The molecule has 0 amide bonds. The quantitative estimate of drug-likeness (QED) is 0.637. The minimum atomic E-state index is -3.21. The molecule has 1 aromatic heterocycles. The minimum absolute atomic E-state index is 0.318. The van der Waals surface area contributed by atoms with Gasteiger partial charge in [0.1, 0.15) is 5.52 Å². The number of aromatic nitrogens is 2. The van der Waals surface area contributed by atoms with Crippen molar-refractivity contribution in [1.29, 1.82) is 0 Å². The predicted molar refractivity (Wildman–Crippen MR) is 112 cm³/mol. The van der Waals surface area contributed by atoms with Gasteiger partial charge in [0.05, 0.1) is 10.6 Å². The van der Waals surface area contributed by atoms with Crippen LogP contribution >= 0.6 is 0 Å². The van der Waals surface area contributed by atoms with E-state index in [9.17, 15) is 8.42 Å². The van der Waals surface area contributed by atoms with Crippen molar-refractivity contribution < 1.29 is 13.0 Å². The molecule has 0 saturated carbocycles. The minimum Gasteiger partial charge on any atom is -0.369 e. The lowest BCUT2D eigenvalue weighted by Crippen LogP contribution is -2.51. The second-order valence-corrected chi connectivity index (χ2v) is 10.2. The number of rotatable bonds is 5. The molecule has 0 unspecified atom stereocenters. The highest BCUT2D eigenvalue weighted by Gasteiger charge is 2.31. The Kier molecular flexibility index (Phi) is 4.55. The van der Waals surface area contributed by atoms with E-state index < -0.39 is 9.84 Å². The lowest BCUT2D eigenvalue weighted by molar-refractivity contribution is 0.247. The molecule has 0 bridgehead atoms. The van der Waals surface area contributed by atoms with Crippen LogP contribution in [0.3, 0.4) is 0 Å². The molecular formula is C21H24N4O3S. The third kappa shape index (κ3) is 3.62. The number of likely N-dealkylation sites (tertiary alicyclic amines) is 1. The van der Waals surface area contributed by atoms with Crippen LogP contribution in [0.2, 0.25) is 0 Å². The third-order valence-electron chi connectivity index (χ3n) is 5.97. The summed E-state index contributed by atoms with van der Waals surface area (Å²) in [4.78, 5) is 5.22. The predicted octanol–water partition coefficient (Wildman–Crippen LogP) is 2.83. The number of nitrogens with zero attached hydrogens (tertiary/aromatic N) is 4. The summed E-state index contributed by atoms with van der Waals surface area (Å²) in [7, 11) is -3.21. The molecular weight excluding hydrogens is 388 g/mol. The van der Waals surface area contributed by atoms with E-state index in [0.29, 0.717) is 16.3 Å². The molecule has 8 heteroatoms. The van der Waals surface area contributed by atoms with Crippen LogP contribution in [-0.4, -0.2) is 62.6 Å². The summed E-state index contributed by atoms with van der Waals surface area (Å²) in [5.74, 6) is 0.681. The molecule has 2 aromatic carbocycles. The standard InChI is InChI=1S/C21H24N4O3S/c1-29(26,27)18-6-4-16(5-7-18)17-10-19-21(23-28-22-19)20(11-17)25-13-15(14-25)12-24-8-2-3-9-24/h4-7,10-11,15H,2-3,8-9,12-14H2,1H3. The van der Waals surface area contributed by atoms with E-state index >= 15 is 0 Å². The van der Waals surface area contributed by atoms with Gasteiger partial charge in [-0.05, 0) is 71.6 Å². The van der Waals surface area contributed by atoms with Gasteiger partial charge in [-0.15, -0.1) is 0 Å². The highest BCUT2D eigenvalue weighted by atomic mass is 32.2. The van der Waals surface area contributed by atoms with E-state index in [1.165, 1.54) is 38.7 Å². The van der Waals surface area contributed by atoms with Crippen LogP contribution in [-0.2, 0) is 9.84 Å². The molecule has 29 heavy (non-hydrogen) atoms. The summed E-state index contributed by atoms with van der Waals surface area (Å²) < 4.78 is 28.4. The Morgan fingerprint density at radius 1 is 1.03 bits per heavy atom. The van der Waals surface area contributed by atoms with Gasteiger partial charge < -0.3 is 9.80 Å². The lowest BCUT2D eigenvalue weighted by atomic mass is 9.96. The molecule has 2 fully saturated rings. The molecule has 0 atom stereocenters. The van der Waals surface area contributed by atoms with Crippen molar-refractivity contribution in [2.45, 2.75) is 17.7 Å². The van der Waals surface area contributed by atoms with E-state index in [1.54, 1.807) is 12.1 Å². The van der Waals surface area contributed by atoms with Crippen molar-refractivity contribution in [1.82, 2.24) is 15.2 Å². The first kappa shape index (κ1) is 18.6. The van der Waals surface area contributed by atoms with Gasteiger partial charge in [0, 0.05) is 31.8 Å². The van der Waals surface area contributed by atoms with Gasteiger partial charge in [-0.25, -0.2) is 13.0 Å². The van der Waals surface area contributed by atoms with Crippen LogP contribution < -0.4 is 4.90 Å².